The number of pyridine rings is 1. The van der Waals surface area contributed by atoms with Crippen molar-refractivity contribution in [2.45, 2.75) is 44.7 Å². The number of aromatic nitrogens is 6. The molecular weight excluding hydrogens is 490 g/mol. The summed E-state index contributed by atoms with van der Waals surface area (Å²) in [6, 6.07) is 3.85. The van der Waals surface area contributed by atoms with Crippen molar-refractivity contribution in [3.05, 3.63) is 36.3 Å². The van der Waals surface area contributed by atoms with E-state index in [1.54, 1.807) is 13.2 Å². The van der Waals surface area contributed by atoms with Crippen LogP contribution >= 0.6 is 0 Å². The van der Waals surface area contributed by atoms with E-state index in [0.717, 1.165) is 49.5 Å². The molecule has 8 rings (SSSR count). The first-order valence-electron chi connectivity index (χ1n) is 13.1. The Balaban J connectivity index is 1.28. The van der Waals surface area contributed by atoms with Crippen molar-refractivity contribution in [3.8, 4) is 11.8 Å². The molecule has 0 spiro atoms. The van der Waals surface area contributed by atoms with Gasteiger partial charge in [0.15, 0.2) is 23.0 Å². The van der Waals surface area contributed by atoms with Crippen LogP contribution in [0.3, 0.4) is 0 Å². The predicted molar refractivity (Wildman–Crippen MR) is 140 cm³/mol. The maximum Gasteiger partial charge on any atom is 0.326 e. The van der Waals surface area contributed by atoms with Gasteiger partial charge in [0.1, 0.15) is 17.0 Å². The van der Waals surface area contributed by atoms with Gasteiger partial charge in [-0.2, -0.15) is 9.97 Å². The molecule has 3 fully saturated rings. The number of hydrogen-bond acceptors (Lipinski definition) is 7. The van der Waals surface area contributed by atoms with E-state index in [0.29, 0.717) is 51.7 Å². The lowest BCUT2D eigenvalue weighted by Gasteiger charge is -2.31. The molecule has 5 aromatic rings. The highest BCUT2D eigenvalue weighted by Crippen LogP contribution is 2.47. The fourth-order valence-electron chi connectivity index (χ4n) is 6.46. The molecule has 3 atom stereocenters. The first-order chi connectivity index (χ1) is 18.5. The summed E-state index contributed by atoms with van der Waals surface area (Å²) in [4.78, 5) is 23.9. The number of imidazole rings is 1. The van der Waals surface area contributed by atoms with Crippen LogP contribution in [0.1, 0.15) is 38.6 Å². The number of nitrogens with zero attached hydrogens (tertiary/aromatic N) is 6. The number of rotatable bonds is 5. The third kappa shape index (κ3) is 3.13. The minimum absolute atomic E-state index is 0.115. The number of hydrogen-bond donors (Lipinski definition) is 2. The fraction of sp³-hybridized carbons (Fsp3) is 0.407. The molecule has 2 saturated carbocycles. The zero-order valence-corrected chi connectivity index (χ0v) is 21.0. The molecule has 194 valence electrons. The van der Waals surface area contributed by atoms with Crippen molar-refractivity contribution >= 4 is 44.6 Å². The summed E-state index contributed by atoms with van der Waals surface area (Å²) in [5, 5.41) is 3.58. The minimum atomic E-state index is -0.921. The van der Waals surface area contributed by atoms with Gasteiger partial charge in [-0.1, -0.05) is 6.92 Å². The zero-order chi connectivity index (χ0) is 25.7. The van der Waals surface area contributed by atoms with Crippen LogP contribution in [0.25, 0.3) is 33.1 Å². The Morgan fingerprint density at radius 1 is 1.08 bits per heavy atom. The molecule has 2 N–H and O–H groups in total. The van der Waals surface area contributed by atoms with E-state index in [9.17, 15) is 4.39 Å². The molecule has 4 aromatic heterocycles. The molecule has 1 aliphatic heterocycles. The molecule has 38 heavy (non-hydrogen) atoms. The maximum absolute atomic E-state index is 15.3. The highest BCUT2D eigenvalue weighted by Gasteiger charge is 2.44. The summed E-state index contributed by atoms with van der Waals surface area (Å²) in [7, 11) is 1.67. The Hall–Kier alpha value is -4.02. The number of benzene rings is 1. The van der Waals surface area contributed by atoms with Gasteiger partial charge in [0.2, 0.25) is 0 Å². The smallest absolute Gasteiger partial charge is 0.326 e. The number of fused-ring (bicyclic) bond motifs is 6. The highest BCUT2D eigenvalue weighted by atomic mass is 19.2. The third-order valence-corrected chi connectivity index (χ3v) is 8.56. The molecule has 2 aliphatic carbocycles. The van der Waals surface area contributed by atoms with Crippen molar-refractivity contribution in [3.63, 3.8) is 0 Å². The van der Waals surface area contributed by atoms with Crippen LogP contribution in [0.4, 0.5) is 20.3 Å². The van der Waals surface area contributed by atoms with Crippen LogP contribution in [-0.2, 0) is 0 Å². The number of aromatic amines is 1. The number of halogens is 2. The summed E-state index contributed by atoms with van der Waals surface area (Å²) in [5.41, 5.74) is 2.85. The van der Waals surface area contributed by atoms with E-state index in [1.165, 1.54) is 0 Å². The number of ether oxygens (including phenoxy) is 1. The van der Waals surface area contributed by atoms with Crippen LogP contribution in [0.5, 0.6) is 11.8 Å². The molecule has 3 aliphatic rings. The molecule has 5 heterocycles. The van der Waals surface area contributed by atoms with E-state index < -0.39 is 11.6 Å². The van der Waals surface area contributed by atoms with Gasteiger partial charge in [-0.15, -0.1) is 0 Å². The van der Waals surface area contributed by atoms with Crippen molar-refractivity contribution in [2.24, 2.45) is 11.8 Å². The summed E-state index contributed by atoms with van der Waals surface area (Å²) < 4.78 is 38.2. The van der Waals surface area contributed by atoms with E-state index in [1.807, 2.05) is 12.4 Å². The van der Waals surface area contributed by atoms with Crippen molar-refractivity contribution in [2.75, 3.05) is 23.8 Å². The first-order valence-corrected chi connectivity index (χ1v) is 13.1. The Bertz CT molecular complexity index is 1760. The van der Waals surface area contributed by atoms with Gasteiger partial charge in [-0.25, -0.2) is 18.7 Å². The molecule has 0 unspecified atom stereocenters. The van der Waals surface area contributed by atoms with Gasteiger partial charge in [0.05, 0.1) is 34.5 Å². The van der Waals surface area contributed by atoms with Gasteiger partial charge in [0.25, 0.3) is 0 Å². The lowest BCUT2D eigenvalue weighted by atomic mass is 9.97. The van der Waals surface area contributed by atoms with Gasteiger partial charge >= 0.3 is 6.01 Å². The molecule has 11 heteroatoms. The maximum atomic E-state index is 15.3. The van der Waals surface area contributed by atoms with E-state index in [-0.39, 0.29) is 17.4 Å². The second-order valence-electron chi connectivity index (χ2n) is 10.9. The minimum Gasteiger partial charge on any atom is -0.422 e. The van der Waals surface area contributed by atoms with Crippen LogP contribution < -0.4 is 15.0 Å². The summed E-state index contributed by atoms with van der Waals surface area (Å²) in [6.07, 6.45) is 7.86. The number of H-pyrrole nitrogens is 1. The predicted octanol–water partition coefficient (Wildman–Crippen LogP) is 5.54. The SMILES string of the molecule is CNc1cc(F)c(F)c2c1[nH]c1nc(Oc3cnc4c(c3)ncn4C3CC3)nc(N3C[C@H]4C[C@@H]3C[C@H]4C)c12. The van der Waals surface area contributed by atoms with Gasteiger partial charge in [-0.05, 0) is 37.5 Å². The number of piperidine rings is 1. The molecule has 0 amide bonds. The van der Waals surface area contributed by atoms with E-state index >= 15 is 4.39 Å². The molecule has 0 radical (unpaired) electrons. The number of anilines is 2. The first kappa shape index (κ1) is 22.0. The molecule has 2 bridgehead atoms. The standard InChI is InChI=1S/C27H26F2N8O/c1-12-5-15-6-13(12)10-36(15)26-21-20-22(29)17(28)8-18(30-2)23(20)33-24(21)34-27(35-26)38-16-7-19-25(31-9-16)37(11-32-19)14-3-4-14/h7-9,11-15,30H,3-6,10H2,1-2H3,(H,33,34,35)/t12-,13-,15+/m1/s1. The molecule has 1 aromatic carbocycles. The largest absolute Gasteiger partial charge is 0.422 e. The lowest BCUT2D eigenvalue weighted by Crippen LogP contribution is -2.35. The summed E-state index contributed by atoms with van der Waals surface area (Å²) in [5.74, 6) is 0.365. The Kier molecular flexibility index (Phi) is 4.49. The van der Waals surface area contributed by atoms with Crippen LogP contribution in [0.15, 0.2) is 24.7 Å². The van der Waals surface area contributed by atoms with Gasteiger partial charge in [0, 0.05) is 37.8 Å². The quantitative estimate of drug-likeness (QED) is 0.317. The van der Waals surface area contributed by atoms with Crippen molar-refractivity contribution in [1.29, 1.82) is 0 Å². The normalized spacial score (nSPS) is 22.8. The van der Waals surface area contributed by atoms with E-state index in [4.69, 9.17) is 9.72 Å². The Morgan fingerprint density at radius 3 is 2.68 bits per heavy atom. The topological polar surface area (TPSA) is 96.8 Å². The molecule has 1 saturated heterocycles. The lowest BCUT2D eigenvalue weighted by molar-refractivity contribution is 0.403. The average Bonchev–Trinajstić information content (AvgIpc) is 3.23. The van der Waals surface area contributed by atoms with Gasteiger partial charge in [-0.3, -0.25) is 0 Å². The Morgan fingerprint density at radius 2 is 1.95 bits per heavy atom. The van der Waals surface area contributed by atoms with E-state index in [2.05, 4.69) is 41.6 Å². The van der Waals surface area contributed by atoms with Crippen molar-refractivity contribution in [1.82, 2.24) is 29.5 Å². The van der Waals surface area contributed by atoms with Crippen molar-refractivity contribution < 1.29 is 13.5 Å². The fourth-order valence-corrected chi connectivity index (χ4v) is 6.46. The highest BCUT2D eigenvalue weighted by molar-refractivity contribution is 6.15. The molecular formula is C27H26F2N8O. The second kappa shape index (κ2) is 7.75. The van der Waals surface area contributed by atoms with Crippen LogP contribution in [0.2, 0.25) is 0 Å². The van der Waals surface area contributed by atoms with Gasteiger partial charge < -0.3 is 24.5 Å². The summed E-state index contributed by atoms with van der Waals surface area (Å²) in [6.45, 7) is 3.09. The summed E-state index contributed by atoms with van der Waals surface area (Å²) >= 11 is 0. The molecule has 9 nitrogen and oxygen atoms in total. The zero-order valence-electron chi connectivity index (χ0n) is 21.0. The monoisotopic (exact) mass is 516 g/mol. The number of nitrogens with one attached hydrogen (secondary N) is 2. The van der Waals surface area contributed by atoms with Crippen LogP contribution in [-0.4, -0.2) is 49.1 Å². The third-order valence-electron chi connectivity index (χ3n) is 8.56. The second-order valence-corrected chi connectivity index (χ2v) is 10.9. The van der Waals surface area contributed by atoms with Crippen LogP contribution in [0, 0.1) is 23.5 Å². The average molecular weight is 517 g/mol. The Labute approximate surface area is 216 Å².